The van der Waals surface area contributed by atoms with E-state index in [-0.39, 0.29) is 17.9 Å². The van der Waals surface area contributed by atoms with Gasteiger partial charge >= 0.3 is 0 Å². The van der Waals surface area contributed by atoms with Crippen LogP contribution in [-0.4, -0.2) is 35.1 Å². The lowest BCUT2D eigenvalue weighted by atomic mass is 10.00. The predicted molar refractivity (Wildman–Crippen MR) is 74.3 cm³/mol. The lowest BCUT2D eigenvalue weighted by Crippen LogP contribution is -2.30. The van der Waals surface area contributed by atoms with Gasteiger partial charge in [0.1, 0.15) is 11.8 Å². The molecule has 2 aromatic rings. The Balaban J connectivity index is 1.62. The SMILES string of the molecule is O=C(c1coc2ccccc12)N1CC2CCC(O)C2C1. The van der Waals surface area contributed by atoms with Crippen molar-refractivity contribution < 1.29 is 14.3 Å². The van der Waals surface area contributed by atoms with Crippen LogP contribution >= 0.6 is 0 Å². The van der Waals surface area contributed by atoms with Crippen molar-refractivity contribution in [2.45, 2.75) is 18.9 Å². The second kappa shape index (κ2) is 4.35. The van der Waals surface area contributed by atoms with Crippen molar-refractivity contribution in [1.82, 2.24) is 4.90 Å². The Hall–Kier alpha value is -1.81. The first kappa shape index (κ1) is 12.0. The number of carbonyl (C=O) groups excluding carboxylic acids is 1. The van der Waals surface area contributed by atoms with E-state index in [1.165, 1.54) is 0 Å². The number of para-hydroxylation sites is 1. The normalized spacial score (nSPS) is 29.1. The molecule has 1 amide bonds. The monoisotopic (exact) mass is 271 g/mol. The minimum atomic E-state index is -0.237. The zero-order valence-electron chi connectivity index (χ0n) is 11.2. The smallest absolute Gasteiger partial charge is 0.257 e. The maximum absolute atomic E-state index is 12.6. The topological polar surface area (TPSA) is 53.7 Å². The van der Waals surface area contributed by atoms with Gasteiger partial charge in [-0.3, -0.25) is 4.79 Å². The molecule has 104 valence electrons. The van der Waals surface area contributed by atoms with Crippen molar-refractivity contribution in [3.63, 3.8) is 0 Å². The van der Waals surface area contributed by atoms with Gasteiger partial charge in [0.15, 0.2) is 0 Å². The summed E-state index contributed by atoms with van der Waals surface area (Å²) < 4.78 is 5.45. The maximum atomic E-state index is 12.6. The third-order valence-electron chi connectivity index (χ3n) is 4.82. The molecular formula is C16H17NO3. The summed E-state index contributed by atoms with van der Waals surface area (Å²) in [5.74, 6) is 0.751. The molecule has 1 aromatic heterocycles. The van der Waals surface area contributed by atoms with Crippen LogP contribution in [0.3, 0.4) is 0 Å². The number of rotatable bonds is 1. The molecule has 3 unspecified atom stereocenters. The Morgan fingerprint density at radius 2 is 2.10 bits per heavy atom. The highest BCUT2D eigenvalue weighted by Crippen LogP contribution is 2.39. The van der Waals surface area contributed by atoms with Gasteiger partial charge in [0.2, 0.25) is 0 Å². The highest BCUT2D eigenvalue weighted by molar-refractivity contribution is 6.06. The van der Waals surface area contributed by atoms with E-state index in [1.54, 1.807) is 6.26 Å². The molecule has 2 heterocycles. The van der Waals surface area contributed by atoms with E-state index in [0.717, 1.165) is 30.4 Å². The predicted octanol–water partition coefficient (Wildman–Crippen LogP) is 2.28. The quantitative estimate of drug-likeness (QED) is 0.865. The fourth-order valence-electron chi connectivity index (χ4n) is 3.72. The second-order valence-corrected chi connectivity index (χ2v) is 5.92. The number of hydrogen-bond donors (Lipinski definition) is 1. The molecule has 2 aliphatic rings. The summed E-state index contributed by atoms with van der Waals surface area (Å²) >= 11 is 0. The largest absolute Gasteiger partial charge is 0.463 e. The number of aliphatic hydroxyl groups is 1. The summed E-state index contributed by atoms with van der Waals surface area (Å²) in [6.45, 7) is 1.43. The number of benzene rings is 1. The molecule has 1 aliphatic carbocycles. The van der Waals surface area contributed by atoms with Crippen LogP contribution in [0.15, 0.2) is 34.9 Å². The molecule has 4 nitrogen and oxygen atoms in total. The van der Waals surface area contributed by atoms with Gasteiger partial charge in [-0.25, -0.2) is 0 Å². The van der Waals surface area contributed by atoms with Gasteiger partial charge in [-0.1, -0.05) is 18.2 Å². The molecule has 1 N–H and O–H groups in total. The summed E-state index contributed by atoms with van der Waals surface area (Å²) in [6.07, 6.45) is 3.23. The minimum absolute atomic E-state index is 0.0246. The number of aliphatic hydroxyl groups excluding tert-OH is 1. The number of furan rings is 1. The summed E-state index contributed by atoms with van der Waals surface area (Å²) in [6, 6.07) is 7.60. The van der Waals surface area contributed by atoms with Crippen molar-refractivity contribution in [3.05, 3.63) is 36.1 Å². The molecule has 1 saturated heterocycles. The van der Waals surface area contributed by atoms with Gasteiger partial charge in [-0.15, -0.1) is 0 Å². The zero-order valence-corrected chi connectivity index (χ0v) is 11.2. The zero-order chi connectivity index (χ0) is 13.7. The number of nitrogens with zero attached hydrogens (tertiary/aromatic N) is 1. The first-order valence-electron chi connectivity index (χ1n) is 7.17. The van der Waals surface area contributed by atoms with Gasteiger partial charge in [0.05, 0.1) is 11.7 Å². The Morgan fingerprint density at radius 3 is 2.95 bits per heavy atom. The first-order chi connectivity index (χ1) is 9.74. The van der Waals surface area contributed by atoms with E-state index in [1.807, 2.05) is 29.2 Å². The molecule has 1 aliphatic heterocycles. The lowest BCUT2D eigenvalue weighted by Gasteiger charge is -2.17. The molecule has 1 saturated carbocycles. The third-order valence-corrected chi connectivity index (χ3v) is 4.82. The Kier molecular flexibility index (Phi) is 2.60. The molecule has 4 rings (SSSR count). The van der Waals surface area contributed by atoms with Crippen LogP contribution in [0.1, 0.15) is 23.2 Å². The molecule has 0 radical (unpaired) electrons. The fourth-order valence-corrected chi connectivity index (χ4v) is 3.72. The number of amides is 1. The van der Waals surface area contributed by atoms with E-state index >= 15 is 0 Å². The second-order valence-electron chi connectivity index (χ2n) is 5.92. The highest BCUT2D eigenvalue weighted by Gasteiger charge is 2.43. The molecule has 0 bridgehead atoms. The van der Waals surface area contributed by atoms with Crippen LogP contribution in [0.5, 0.6) is 0 Å². The lowest BCUT2D eigenvalue weighted by molar-refractivity contribution is 0.0753. The van der Waals surface area contributed by atoms with Crippen LogP contribution in [-0.2, 0) is 0 Å². The van der Waals surface area contributed by atoms with Crippen LogP contribution < -0.4 is 0 Å². The van der Waals surface area contributed by atoms with E-state index in [9.17, 15) is 9.90 Å². The summed E-state index contributed by atoms with van der Waals surface area (Å²) in [5, 5.41) is 10.8. The van der Waals surface area contributed by atoms with Crippen molar-refractivity contribution in [2.75, 3.05) is 13.1 Å². The van der Waals surface area contributed by atoms with Gasteiger partial charge < -0.3 is 14.4 Å². The van der Waals surface area contributed by atoms with Gasteiger partial charge in [0.25, 0.3) is 5.91 Å². The van der Waals surface area contributed by atoms with Gasteiger partial charge in [-0.05, 0) is 24.8 Å². The van der Waals surface area contributed by atoms with Crippen molar-refractivity contribution in [1.29, 1.82) is 0 Å². The van der Waals surface area contributed by atoms with Crippen molar-refractivity contribution in [2.24, 2.45) is 11.8 Å². The van der Waals surface area contributed by atoms with Crippen molar-refractivity contribution in [3.8, 4) is 0 Å². The molecule has 0 spiro atoms. The fraction of sp³-hybridized carbons (Fsp3) is 0.438. The summed E-state index contributed by atoms with van der Waals surface area (Å²) in [4.78, 5) is 14.5. The molecule has 1 aromatic carbocycles. The molecule has 3 atom stereocenters. The molecule has 2 fully saturated rings. The van der Waals surface area contributed by atoms with Gasteiger partial charge in [0, 0.05) is 24.4 Å². The number of hydrogen-bond acceptors (Lipinski definition) is 3. The van der Waals surface area contributed by atoms with Crippen molar-refractivity contribution >= 4 is 16.9 Å². The Labute approximate surface area is 117 Å². The summed E-state index contributed by atoms with van der Waals surface area (Å²) in [7, 11) is 0. The van der Waals surface area contributed by atoms with E-state index in [4.69, 9.17) is 4.42 Å². The van der Waals surface area contributed by atoms with E-state index < -0.39 is 0 Å². The average molecular weight is 271 g/mol. The molecule has 20 heavy (non-hydrogen) atoms. The van der Waals surface area contributed by atoms with E-state index in [2.05, 4.69) is 0 Å². The molecular weight excluding hydrogens is 254 g/mol. The maximum Gasteiger partial charge on any atom is 0.257 e. The van der Waals surface area contributed by atoms with Crippen LogP contribution in [0.4, 0.5) is 0 Å². The van der Waals surface area contributed by atoms with Crippen LogP contribution in [0.25, 0.3) is 11.0 Å². The third kappa shape index (κ3) is 1.68. The first-order valence-corrected chi connectivity index (χ1v) is 7.17. The Bertz CT molecular complexity index is 663. The Morgan fingerprint density at radius 1 is 1.25 bits per heavy atom. The highest BCUT2D eigenvalue weighted by atomic mass is 16.3. The average Bonchev–Trinajstić information content (AvgIpc) is 3.14. The van der Waals surface area contributed by atoms with Crippen LogP contribution in [0, 0.1) is 11.8 Å². The van der Waals surface area contributed by atoms with Gasteiger partial charge in [-0.2, -0.15) is 0 Å². The summed E-state index contributed by atoms with van der Waals surface area (Å²) in [5.41, 5.74) is 1.38. The standard InChI is InChI=1S/C16H17NO3/c18-14-6-5-10-7-17(8-12(10)14)16(19)13-9-20-15-4-2-1-3-11(13)15/h1-4,9-10,12,14,18H,5-8H2. The van der Waals surface area contributed by atoms with Crippen LogP contribution in [0.2, 0.25) is 0 Å². The number of likely N-dealkylation sites (tertiary alicyclic amines) is 1. The van der Waals surface area contributed by atoms with E-state index in [0.29, 0.717) is 18.0 Å². The minimum Gasteiger partial charge on any atom is -0.463 e. The number of carbonyl (C=O) groups is 1. The number of fused-ring (bicyclic) bond motifs is 2. The molecule has 4 heteroatoms.